The molecule has 2 atom stereocenters. The van der Waals surface area contributed by atoms with Crippen molar-refractivity contribution in [3.63, 3.8) is 0 Å². The highest BCUT2D eigenvalue weighted by molar-refractivity contribution is 5.95. The number of likely N-dealkylation sites (tertiary alicyclic amines) is 1. The summed E-state index contributed by atoms with van der Waals surface area (Å²) in [6, 6.07) is 17.1. The summed E-state index contributed by atoms with van der Waals surface area (Å²) in [5, 5.41) is 5.82. The molecule has 1 fully saturated rings. The molecule has 0 spiro atoms. The average Bonchev–Trinajstić information content (AvgIpc) is 2.84. The highest BCUT2D eigenvalue weighted by Gasteiger charge is 2.35. The molecule has 2 aromatic carbocycles. The third-order valence-electron chi connectivity index (χ3n) is 6.39. The lowest BCUT2D eigenvalue weighted by molar-refractivity contribution is -0.139. The molecule has 1 saturated heterocycles. The maximum absolute atomic E-state index is 13.1. The number of urea groups is 1. The van der Waals surface area contributed by atoms with Gasteiger partial charge < -0.3 is 20.1 Å². The van der Waals surface area contributed by atoms with Crippen LogP contribution in [0, 0.1) is 0 Å². The lowest BCUT2D eigenvalue weighted by Crippen LogP contribution is -2.49. The van der Waals surface area contributed by atoms with Crippen LogP contribution in [0.2, 0.25) is 0 Å². The Hall–Kier alpha value is -3.32. The van der Waals surface area contributed by atoms with Crippen molar-refractivity contribution in [1.82, 2.24) is 15.5 Å². The first-order valence-corrected chi connectivity index (χ1v) is 12.5. The molecule has 2 N–H and O–H groups in total. The summed E-state index contributed by atoms with van der Waals surface area (Å²) in [5.74, 6) is 0.753. The van der Waals surface area contributed by atoms with Crippen LogP contribution >= 0.6 is 0 Å². The van der Waals surface area contributed by atoms with E-state index in [4.69, 9.17) is 9.47 Å². The number of hydrogen-bond donors (Lipinski definition) is 2. The van der Waals surface area contributed by atoms with E-state index in [2.05, 4.69) is 39.8 Å². The van der Waals surface area contributed by atoms with Gasteiger partial charge >= 0.3 is 12.0 Å². The molecule has 0 aliphatic carbocycles. The van der Waals surface area contributed by atoms with Crippen molar-refractivity contribution in [3.8, 4) is 5.75 Å². The van der Waals surface area contributed by atoms with Gasteiger partial charge in [-0.25, -0.2) is 9.59 Å². The molecule has 0 aromatic heterocycles. The highest BCUT2D eigenvalue weighted by atomic mass is 16.5. The molecule has 2 heterocycles. The number of carbonyl (C=O) groups is 2. The molecule has 2 aliphatic rings. The van der Waals surface area contributed by atoms with E-state index in [0.29, 0.717) is 23.7 Å². The van der Waals surface area contributed by atoms with Crippen LogP contribution in [0.15, 0.2) is 65.9 Å². The van der Waals surface area contributed by atoms with Crippen LogP contribution in [0.1, 0.15) is 56.7 Å². The normalized spacial score (nSPS) is 20.9. The molecule has 2 aromatic rings. The summed E-state index contributed by atoms with van der Waals surface area (Å²) >= 11 is 0. The summed E-state index contributed by atoms with van der Waals surface area (Å²) in [6.07, 6.45) is 2.26. The van der Waals surface area contributed by atoms with Crippen molar-refractivity contribution in [3.05, 3.63) is 77.0 Å². The van der Waals surface area contributed by atoms with Crippen molar-refractivity contribution in [2.24, 2.45) is 0 Å². The predicted octanol–water partition coefficient (Wildman–Crippen LogP) is 4.52. The smallest absolute Gasteiger partial charge is 0.338 e. The highest BCUT2D eigenvalue weighted by Crippen LogP contribution is 2.31. The van der Waals surface area contributed by atoms with Crippen LogP contribution < -0.4 is 15.4 Å². The molecule has 0 saturated carbocycles. The minimum atomic E-state index is -0.597. The first-order valence-electron chi connectivity index (χ1n) is 12.5. The molecule has 0 bridgehead atoms. The molecule has 4 rings (SSSR count). The quantitative estimate of drug-likeness (QED) is 0.547. The number of esters is 1. The lowest BCUT2D eigenvalue weighted by Gasteiger charge is -2.36. The fourth-order valence-corrected chi connectivity index (χ4v) is 4.87. The zero-order valence-corrected chi connectivity index (χ0v) is 20.8. The fraction of sp³-hybridized carbons (Fsp3) is 0.429. The van der Waals surface area contributed by atoms with Gasteiger partial charge in [0.2, 0.25) is 0 Å². The SMILES string of the molecule is CCOC(=O)C1=C(CN2CCC[C@@H](c3ccccc3)C2)NC(=O)N[C@@H]1c1ccc(OC(C)C)cc1. The number of benzene rings is 2. The minimum Gasteiger partial charge on any atom is -0.491 e. The standard InChI is InChI=1S/C28H35N3O4/c1-4-34-27(32)25-24(18-31-16-8-11-22(17-31)20-9-6-5-7-10-20)29-28(33)30-26(25)21-12-14-23(15-13-21)35-19(2)3/h5-7,9-10,12-15,19,22,26H,4,8,11,16-18H2,1-3H3,(H2,29,30,33)/t22-,26-/m1/s1. The van der Waals surface area contributed by atoms with E-state index < -0.39 is 12.0 Å². The van der Waals surface area contributed by atoms with Gasteiger partial charge in [-0.3, -0.25) is 4.90 Å². The van der Waals surface area contributed by atoms with Crippen LogP contribution in [0.5, 0.6) is 5.75 Å². The molecule has 0 unspecified atom stereocenters. The van der Waals surface area contributed by atoms with Gasteiger partial charge in [-0.15, -0.1) is 0 Å². The van der Waals surface area contributed by atoms with Gasteiger partial charge in [0.15, 0.2) is 0 Å². The number of amides is 2. The molecular formula is C28H35N3O4. The van der Waals surface area contributed by atoms with Crippen LogP contribution in [-0.4, -0.2) is 49.2 Å². The van der Waals surface area contributed by atoms with Crippen molar-refractivity contribution in [2.75, 3.05) is 26.2 Å². The summed E-state index contributed by atoms with van der Waals surface area (Å²) < 4.78 is 11.2. The second kappa shape index (κ2) is 11.4. The molecule has 2 amide bonds. The van der Waals surface area contributed by atoms with E-state index in [1.807, 2.05) is 44.2 Å². The van der Waals surface area contributed by atoms with Gasteiger partial charge in [0, 0.05) is 18.8 Å². The molecule has 0 radical (unpaired) electrons. The van der Waals surface area contributed by atoms with E-state index >= 15 is 0 Å². The van der Waals surface area contributed by atoms with E-state index in [1.165, 1.54) is 5.56 Å². The fourth-order valence-electron chi connectivity index (χ4n) is 4.87. The second-order valence-corrected chi connectivity index (χ2v) is 9.36. The Morgan fingerprint density at radius 2 is 1.83 bits per heavy atom. The zero-order chi connectivity index (χ0) is 24.8. The Morgan fingerprint density at radius 1 is 1.09 bits per heavy atom. The van der Waals surface area contributed by atoms with Crippen molar-refractivity contribution >= 4 is 12.0 Å². The van der Waals surface area contributed by atoms with Gasteiger partial charge in [0.1, 0.15) is 5.75 Å². The second-order valence-electron chi connectivity index (χ2n) is 9.36. The average molecular weight is 478 g/mol. The summed E-state index contributed by atoms with van der Waals surface area (Å²) in [4.78, 5) is 28.1. The number of nitrogens with zero attached hydrogens (tertiary/aromatic N) is 1. The van der Waals surface area contributed by atoms with Gasteiger partial charge in [0.25, 0.3) is 0 Å². The zero-order valence-electron chi connectivity index (χ0n) is 20.8. The Bertz CT molecular complexity index is 1050. The Labute approximate surface area is 207 Å². The van der Waals surface area contributed by atoms with Crippen LogP contribution in [0.3, 0.4) is 0 Å². The number of ether oxygens (including phenoxy) is 2. The van der Waals surface area contributed by atoms with E-state index in [0.717, 1.165) is 37.2 Å². The van der Waals surface area contributed by atoms with Gasteiger partial charge in [0.05, 0.1) is 24.3 Å². The molecule has 186 valence electrons. The largest absolute Gasteiger partial charge is 0.491 e. The van der Waals surface area contributed by atoms with E-state index in [-0.39, 0.29) is 18.7 Å². The number of nitrogens with one attached hydrogen (secondary N) is 2. The Morgan fingerprint density at radius 3 is 2.51 bits per heavy atom. The van der Waals surface area contributed by atoms with E-state index in [9.17, 15) is 9.59 Å². The Kier molecular flexibility index (Phi) is 8.08. The monoisotopic (exact) mass is 477 g/mol. The summed E-state index contributed by atoms with van der Waals surface area (Å²) in [6.45, 7) is 8.26. The predicted molar refractivity (Wildman–Crippen MR) is 135 cm³/mol. The molecule has 7 heteroatoms. The van der Waals surface area contributed by atoms with Crippen molar-refractivity contribution in [2.45, 2.75) is 51.7 Å². The van der Waals surface area contributed by atoms with Crippen LogP contribution in [0.25, 0.3) is 0 Å². The molecule has 7 nitrogen and oxygen atoms in total. The van der Waals surface area contributed by atoms with Crippen LogP contribution in [-0.2, 0) is 9.53 Å². The summed E-state index contributed by atoms with van der Waals surface area (Å²) in [5.41, 5.74) is 3.18. The number of hydrogen-bond acceptors (Lipinski definition) is 5. The topological polar surface area (TPSA) is 79.9 Å². The van der Waals surface area contributed by atoms with Crippen LogP contribution in [0.4, 0.5) is 4.79 Å². The minimum absolute atomic E-state index is 0.0604. The van der Waals surface area contributed by atoms with Crippen molar-refractivity contribution < 1.29 is 19.1 Å². The summed E-state index contributed by atoms with van der Waals surface area (Å²) in [7, 11) is 0. The van der Waals surface area contributed by atoms with Gasteiger partial charge in [-0.05, 0) is 69.3 Å². The number of rotatable bonds is 8. The van der Waals surface area contributed by atoms with Gasteiger partial charge in [-0.1, -0.05) is 42.5 Å². The Balaban J connectivity index is 1.61. The number of piperidine rings is 1. The number of carbonyl (C=O) groups excluding carboxylic acids is 2. The van der Waals surface area contributed by atoms with Crippen molar-refractivity contribution in [1.29, 1.82) is 0 Å². The first kappa shape index (κ1) is 24.8. The first-order chi connectivity index (χ1) is 16.9. The maximum atomic E-state index is 13.1. The third-order valence-corrected chi connectivity index (χ3v) is 6.39. The molecule has 2 aliphatic heterocycles. The third kappa shape index (κ3) is 6.22. The molecule has 35 heavy (non-hydrogen) atoms. The molecular weight excluding hydrogens is 442 g/mol. The van der Waals surface area contributed by atoms with Gasteiger partial charge in [-0.2, -0.15) is 0 Å². The lowest BCUT2D eigenvalue weighted by atomic mass is 9.90. The van der Waals surface area contributed by atoms with E-state index in [1.54, 1.807) is 6.92 Å². The maximum Gasteiger partial charge on any atom is 0.338 e.